The Balaban J connectivity index is 0.000000355. The highest BCUT2D eigenvalue weighted by Crippen LogP contribution is 2.38. The third-order valence-corrected chi connectivity index (χ3v) is 5.25. The van der Waals surface area contributed by atoms with Gasteiger partial charge in [-0.05, 0) is 68.5 Å². The van der Waals surface area contributed by atoms with E-state index < -0.39 is 0 Å². The van der Waals surface area contributed by atoms with E-state index in [4.69, 9.17) is 48.9 Å². The highest BCUT2D eigenvalue weighted by molar-refractivity contribution is 6.35. The van der Waals surface area contributed by atoms with Gasteiger partial charge in [0.15, 0.2) is 11.5 Å². The summed E-state index contributed by atoms with van der Waals surface area (Å²) in [5.41, 5.74) is 18.6. The van der Waals surface area contributed by atoms with E-state index in [0.717, 1.165) is 36.9 Å². The number of halogens is 2. The van der Waals surface area contributed by atoms with Crippen LogP contribution in [0.2, 0.25) is 10.0 Å². The quantitative estimate of drug-likeness (QED) is 0.142. The molecular formula is C24H36Cl2N6O3. The summed E-state index contributed by atoms with van der Waals surface area (Å²) in [6, 6.07) is 9.37. The van der Waals surface area contributed by atoms with Crippen LogP contribution in [-0.2, 0) is 12.8 Å². The molecule has 194 valence electrons. The fourth-order valence-corrected chi connectivity index (χ4v) is 3.54. The van der Waals surface area contributed by atoms with Gasteiger partial charge < -0.3 is 36.5 Å². The molecule has 0 aromatic heterocycles. The van der Waals surface area contributed by atoms with Crippen LogP contribution in [-0.4, -0.2) is 46.1 Å². The number of ether oxygens (including phenoxy) is 3. The van der Waals surface area contributed by atoms with Crippen LogP contribution in [0.4, 0.5) is 0 Å². The number of hydrogen-bond acceptors (Lipinski definition) is 7. The van der Waals surface area contributed by atoms with Crippen molar-refractivity contribution in [3.8, 4) is 17.2 Å². The van der Waals surface area contributed by atoms with Gasteiger partial charge in [0, 0.05) is 23.1 Å². The zero-order valence-corrected chi connectivity index (χ0v) is 22.5. The number of hydrogen-bond donors (Lipinski definition) is 4. The van der Waals surface area contributed by atoms with Gasteiger partial charge in [-0.1, -0.05) is 29.3 Å². The van der Waals surface area contributed by atoms with E-state index in [9.17, 15) is 0 Å². The first kappa shape index (κ1) is 30.0. The molecule has 6 N–H and O–H groups in total. The van der Waals surface area contributed by atoms with Gasteiger partial charge in [-0.15, -0.1) is 0 Å². The Morgan fingerprint density at radius 3 is 1.80 bits per heavy atom. The van der Waals surface area contributed by atoms with Gasteiger partial charge in [-0.25, -0.2) is 0 Å². The molecule has 0 aliphatic heterocycles. The lowest BCUT2D eigenvalue weighted by Crippen LogP contribution is -2.16. The van der Waals surface area contributed by atoms with Crippen LogP contribution in [0, 0.1) is 0 Å². The molecule has 2 aromatic rings. The van der Waals surface area contributed by atoms with E-state index in [2.05, 4.69) is 21.1 Å². The summed E-state index contributed by atoms with van der Waals surface area (Å²) >= 11 is 12.1. The number of nitrogens with two attached hydrogens (primary N) is 2. The van der Waals surface area contributed by atoms with Gasteiger partial charge in [0.1, 0.15) is 11.7 Å². The molecule has 11 heteroatoms. The second kappa shape index (κ2) is 16.6. The van der Waals surface area contributed by atoms with E-state index in [1.54, 1.807) is 35.2 Å². The predicted octanol–water partition coefficient (Wildman–Crippen LogP) is 3.94. The maximum absolute atomic E-state index is 6.04. The molecule has 0 unspecified atom stereocenters. The molecule has 0 atom stereocenters. The Hall–Kier alpha value is -3.04. The molecular weight excluding hydrogens is 491 g/mol. The summed E-state index contributed by atoms with van der Waals surface area (Å²) in [4.78, 5) is 0. The lowest BCUT2D eigenvalue weighted by atomic mass is 10.1. The van der Waals surface area contributed by atoms with Crippen molar-refractivity contribution in [2.24, 2.45) is 21.7 Å². The second-order valence-electron chi connectivity index (χ2n) is 7.41. The Labute approximate surface area is 217 Å². The number of nitrogens with one attached hydrogen (secondary N) is 2. The van der Waals surface area contributed by atoms with E-state index in [0.29, 0.717) is 45.5 Å². The largest absolute Gasteiger partial charge is 0.493 e. The van der Waals surface area contributed by atoms with E-state index in [1.807, 2.05) is 30.3 Å². The highest BCUT2D eigenvalue weighted by Gasteiger charge is 2.12. The molecule has 0 saturated carbocycles. The number of rotatable bonds is 12. The highest BCUT2D eigenvalue weighted by atomic mass is 35.5. The number of hydrazone groups is 2. The molecule has 9 nitrogen and oxygen atoms in total. The van der Waals surface area contributed by atoms with Crippen molar-refractivity contribution >= 4 is 34.9 Å². The van der Waals surface area contributed by atoms with Crippen LogP contribution in [0.3, 0.4) is 0 Å². The summed E-state index contributed by atoms with van der Waals surface area (Å²) in [5.74, 6) is 2.92. The van der Waals surface area contributed by atoms with Crippen LogP contribution in [0.15, 0.2) is 40.5 Å². The van der Waals surface area contributed by atoms with Crippen LogP contribution >= 0.6 is 23.2 Å². The van der Waals surface area contributed by atoms with Gasteiger partial charge in [0.2, 0.25) is 5.75 Å². The second-order valence-corrected chi connectivity index (χ2v) is 8.22. The molecule has 0 bridgehead atoms. The molecule has 0 radical (unpaired) electrons. The average molecular weight is 527 g/mol. The summed E-state index contributed by atoms with van der Waals surface area (Å²) < 4.78 is 15.8. The molecule has 0 spiro atoms. The van der Waals surface area contributed by atoms with Crippen LogP contribution in [0.1, 0.15) is 31.4 Å². The summed E-state index contributed by atoms with van der Waals surface area (Å²) in [7, 11) is 4.78. The minimum Gasteiger partial charge on any atom is -0.493 e. The first-order valence-electron chi connectivity index (χ1n) is 11.0. The van der Waals surface area contributed by atoms with Gasteiger partial charge in [0.05, 0.1) is 21.3 Å². The number of benzene rings is 2. The number of amidine groups is 2. The third-order valence-electron chi connectivity index (χ3n) is 4.54. The monoisotopic (exact) mass is 526 g/mol. The minimum atomic E-state index is 0.505. The molecule has 0 aliphatic carbocycles. The van der Waals surface area contributed by atoms with Gasteiger partial charge in [0.25, 0.3) is 0 Å². The SMILES string of the molecule is CC(N)=NNCCCc1c(Cl)cccc1Cl.COc1cc(CCNN=C(C)N)cc(OC)c1OC. The first-order valence-corrected chi connectivity index (χ1v) is 11.8. The van der Waals surface area contributed by atoms with Crippen molar-refractivity contribution in [1.82, 2.24) is 10.9 Å². The van der Waals surface area contributed by atoms with Crippen molar-refractivity contribution in [2.45, 2.75) is 33.1 Å². The zero-order valence-electron chi connectivity index (χ0n) is 21.0. The normalized spacial score (nSPS) is 11.3. The fourth-order valence-electron chi connectivity index (χ4n) is 2.96. The minimum absolute atomic E-state index is 0.505. The summed E-state index contributed by atoms with van der Waals surface area (Å²) in [6.07, 6.45) is 2.50. The topological polar surface area (TPSA) is 129 Å². The van der Waals surface area contributed by atoms with E-state index >= 15 is 0 Å². The Kier molecular flexibility index (Phi) is 14.2. The van der Waals surface area contributed by atoms with Crippen molar-refractivity contribution in [1.29, 1.82) is 0 Å². The summed E-state index contributed by atoms with van der Waals surface area (Å²) in [6.45, 7) is 4.88. The average Bonchev–Trinajstić information content (AvgIpc) is 2.82. The smallest absolute Gasteiger partial charge is 0.203 e. The van der Waals surface area contributed by atoms with Gasteiger partial charge >= 0.3 is 0 Å². The molecule has 0 amide bonds. The number of methoxy groups -OCH3 is 3. The van der Waals surface area contributed by atoms with E-state index in [1.165, 1.54) is 0 Å². The Morgan fingerprint density at radius 1 is 0.829 bits per heavy atom. The molecule has 0 heterocycles. The molecule has 0 fully saturated rings. The molecule has 0 saturated heterocycles. The fraction of sp³-hybridized carbons (Fsp3) is 0.417. The van der Waals surface area contributed by atoms with E-state index in [-0.39, 0.29) is 0 Å². The molecule has 0 aliphatic rings. The molecule has 35 heavy (non-hydrogen) atoms. The van der Waals surface area contributed by atoms with Crippen molar-refractivity contribution in [3.63, 3.8) is 0 Å². The van der Waals surface area contributed by atoms with Crippen molar-refractivity contribution in [3.05, 3.63) is 51.5 Å². The first-order chi connectivity index (χ1) is 16.7. The van der Waals surface area contributed by atoms with Crippen LogP contribution in [0.25, 0.3) is 0 Å². The predicted molar refractivity (Wildman–Crippen MR) is 145 cm³/mol. The third kappa shape index (κ3) is 11.3. The van der Waals surface area contributed by atoms with Crippen LogP contribution in [0.5, 0.6) is 17.2 Å². The molecule has 2 rings (SSSR count). The maximum atomic E-state index is 6.04. The maximum Gasteiger partial charge on any atom is 0.203 e. The van der Waals surface area contributed by atoms with Crippen LogP contribution < -0.4 is 36.5 Å². The van der Waals surface area contributed by atoms with Crippen molar-refractivity contribution in [2.75, 3.05) is 34.4 Å². The summed E-state index contributed by atoms with van der Waals surface area (Å²) in [5, 5.41) is 9.22. The standard InChI is InChI=1S/C13H21N3O3.C11H15Cl2N3/c1-9(14)16-15-6-5-10-7-11(17-2)13(19-4)12(8-10)18-3;1-8(14)16-15-7-3-4-9-10(12)5-2-6-11(9)13/h7-8,15H,5-6H2,1-4H3,(H2,14,16);2,5-6,15H,3-4,7H2,1H3,(H2,14,16). The Morgan fingerprint density at radius 2 is 1.34 bits per heavy atom. The number of nitrogens with zero attached hydrogens (tertiary/aromatic N) is 2. The zero-order chi connectivity index (χ0) is 26.2. The van der Waals surface area contributed by atoms with Gasteiger partial charge in [-0.2, -0.15) is 10.2 Å². The lowest BCUT2D eigenvalue weighted by Gasteiger charge is -2.14. The molecule has 2 aromatic carbocycles. The Bertz CT molecular complexity index is 932. The van der Waals surface area contributed by atoms with Crippen molar-refractivity contribution < 1.29 is 14.2 Å². The van der Waals surface area contributed by atoms with Gasteiger partial charge in [-0.3, -0.25) is 0 Å². The lowest BCUT2D eigenvalue weighted by molar-refractivity contribution is 0.324.